The Kier molecular flexibility index (Phi) is 2.73. The first kappa shape index (κ1) is 10.1. The number of benzene rings is 1. The lowest BCUT2D eigenvalue weighted by molar-refractivity contribution is 0.0824. The van der Waals surface area contributed by atoms with E-state index in [0.29, 0.717) is 0 Å². The van der Waals surface area contributed by atoms with Crippen molar-refractivity contribution < 1.29 is 9.90 Å². The van der Waals surface area contributed by atoms with Gasteiger partial charge in [-0.15, -0.1) is 0 Å². The van der Waals surface area contributed by atoms with E-state index in [1.54, 1.807) is 14.1 Å². The first-order valence-corrected chi connectivity index (χ1v) is 4.01. The molecule has 0 saturated carbocycles. The third-order valence-corrected chi connectivity index (χ3v) is 1.78. The van der Waals surface area contributed by atoms with Gasteiger partial charge in [0.15, 0.2) is 0 Å². The lowest BCUT2D eigenvalue weighted by atomic mass is 10.1. The molecule has 14 heavy (non-hydrogen) atoms. The molecule has 0 aromatic heterocycles. The molecule has 0 radical (unpaired) electrons. The number of hydrogen-bond donors (Lipinski definition) is 1. The molecule has 0 aliphatic heterocycles. The molecule has 1 rings (SSSR count). The van der Waals surface area contributed by atoms with Crippen LogP contribution in [0, 0.1) is 11.3 Å². The van der Waals surface area contributed by atoms with E-state index >= 15 is 0 Å². The Morgan fingerprint density at radius 1 is 1.50 bits per heavy atom. The summed E-state index contributed by atoms with van der Waals surface area (Å²) in [6, 6.07) is 6.28. The second kappa shape index (κ2) is 3.79. The van der Waals surface area contributed by atoms with Crippen molar-refractivity contribution in [3.8, 4) is 11.8 Å². The minimum absolute atomic E-state index is 0.0556. The summed E-state index contributed by atoms with van der Waals surface area (Å²) in [5.74, 6) is -0.539. The summed E-state index contributed by atoms with van der Waals surface area (Å²) in [7, 11) is 3.13. The number of hydrogen-bond acceptors (Lipinski definition) is 3. The smallest absolute Gasteiger partial charge is 0.258 e. The van der Waals surface area contributed by atoms with E-state index in [4.69, 9.17) is 5.26 Å². The van der Waals surface area contributed by atoms with Crippen LogP contribution in [0.3, 0.4) is 0 Å². The van der Waals surface area contributed by atoms with Crippen LogP contribution >= 0.6 is 0 Å². The fourth-order valence-corrected chi connectivity index (χ4v) is 1.08. The van der Waals surface area contributed by atoms with Crippen LogP contribution in [-0.4, -0.2) is 30.0 Å². The van der Waals surface area contributed by atoms with Crippen LogP contribution in [0.25, 0.3) is 0 Å². The topological polar surface area (TPSA) is 64.3 Å². The molecular formula is C10H10N2O2. The van der Waals surface area contributed by atoms with E-state index < -0.39 is 0 Å². The number of phenolic OH excluding ortho intramolecular Hbond substituents is 1. The maximum atomic E-state index is 11.6. The largest absolute Gasteiger partial charge is 0.507 e. The van der Waals surface area contributed by atoms with E-state index in [9.17, 15) is 9.90 Å². The number of nitrogens with zero attached hydrogens (tertiary/aromatic N) is 2. The monoisotopic (exact) mass is 190 g/mol. The highest BCUT2D eigenvalue weighted by Gasteiger charge is 2.17. The van der Waals surface area contributed by atoms with Crippen molar-refractivity contribution in [3.63, 3.8) is 0 Å². The molecule has 1 aromatic rings. The molecule has 4 heteroatoms. The van der Waals surface area contributed by atoms with Crippen LogP contribution in [0.1, 0.15) is 15.9 Å². The molecule has 0 bridgehead atoms. The second-order valence-electron chi connectivity index (χ2n) is 3.01. The molecular weight excluding hydrogens is 180 g/mol. The van der Waals surface area contributed by atoms with Crippen LogP contribution < -0.4 is 0 Å². The summed E-state index contributed by atoms with van der Waals surface area (Å²) in [5, 5.41) is 18.2. The van der Waals surface area contributed by atoms with Crippen molar-refractivity contribution in [2.24, 2.45) is 0 Å². The molecule has 0 spiro atoms. The average molecular weight is 190 g/mol. The Morgan fingerprint density at radius 3 is 2.64 bits per heavy atom. The standard InChI is InChI=1S/C10H10N2O2/c1-12(2)10(14)9-7(6-11)4-3-5-8(9)13/h3-5,13H,1-2H3. The van der Waals surface area contributed by atoms with Crippen LogP contribution in [0.5, 0.6) is 5.75 Å². The fraction of sp³-hybridized carbons (Fsp3) is 0.200. The third-order valence-electron chi connectivity index (χ3n) is 1.78. The Morgan fingerprint density at radius 2 is 2.14 bits per heavy atom. The van der Waals surface area contributed by atoms with Crippen molar-refractivity contribution in [3.05, 3.63) is 29.3 Å². The average Bonchev–Trinajstić information content (AvgIpc) is 2.16. The van der Waals surface area contributed by atoms with Gasteiger partial charge in [-0.25, -0.2) is 0 Å². The van der Waals surface area contributed by atoms with Gasteiger partial charge >= 0.3 is 0 Å². The van der Waals surface area contributed by atoms with Gasteiger partial charge in [-0.1, -0.05) is 6.07 Å². The summed E-state index contributed by atoms with van der Waals surface area (Å²) >= 11 is 0. The maximum Gasteiger partial charge on any atom is 0.258 e. The molecule has 0 heterocycles. The second-order valence-corrected chi connectivity index (χ2v) is 3.01. The third kappa shape index (κ3) is 1.67. The lowest BCUT2D eigenvalue weighted by Gasteiger charge is -2.12. The lowest BCUT2D eigenvalue weighted by Crippen LogP contribution is -2.22. The first-order valence-electron chi connectivity index (χ1n) is 4.01. The number of aromatic hydroxyl groups is 1. The summed E-state index contributed by atoms with van der Waals surface area (Å²) in [6.45, 7) is 0. The quantitative estimate of drug-likeness (QED) is 0.717. The number of carbonyl (C=O) groups is 1. The van der Waals surface area contributed by atoms with Gasteiger partial charge in [0, 0.05) is 14.1 Å². The number of phenols is 1. The molecule has 4 nitrogen and oxygen atoms in total. The van der Waals surface area contributed by atoms with E-state index in [1.807, 2.05) is 6.07 Å². The fourth-order valence-electron chi connectivity index (χ4n) is 1.08. The highest BCUT2D eigenvalue weighted by atomic mass is 16.3. The van der Waals surface area contributed by atoms with Crippen molar-refractivity contribution in [1.82, 2.24) is 4.90 Å². The van der Waals surface area contributed by atoms with Crippen LogP contribution in [0.15, 0.2) is 18.2 Å². The van der Waals surface area contributed by atoms with Crippen LogP contribution in [-0.2, 0) is 0 Å². The first-order chi connectivity index (χ1) is 6.57. The Bertz CT molecular complexity index is 405. The number of carbonyl (C=O) groups excluding carboxylic acids is 1. The van der Waals surface area contributed by atoms with Gasteiger partial charge in [-0.3, -0.25) is 4.79 Å². The van der Waals surface area contributed by atoms with Crippen LogP contribution in [0.4, 0.5) is 0 Å². The molecule has 1 amide bonds. The maximum absolute atomic E-state index is 11.6. The van der Waals surface area contributed by atoms with Crippen molar-refractivity contribution in [2.45, 2.75) is 0 Å². The van der Waals surface area contributed by atoms with Crippen molar-refractivity contribution in [2.75, 3.05) is 14.1 Å². The van der Waals surface area contributed by atoms with Gasteiger partial charge in [0.05, 0.1) is 11.1 Å². The minimum atomic E-state index is -0.375. The molecule has 0 aliphatic carbocycles. The zero-order valence-corrected chi connectivity index (χ0v) is 7.98. The van der Waals surface area contributed by atoms with Gasteiger partial charge in [-0.2, -0.15) is 5.26 Å². The van der Waals surface area contributed by atoms with Crippen molar-refractivity contribution in [1.29, 1.82) is 5.26 Å². The molecule has 0 atom stereocenters. The van der Waals surface area contributed by atoms with Gasteiger partial charge < -0.3 is 10.0 Å². The van der Waals surface area contributed by atoms with Gasteiger partial charge in [-0.05, 0) is 12.1 Å². The number of amides is 1. The molecule has 0 unspecified atom stereocenters. The summed E-state index contributed by atoms with van der Waals surface area (Å²) in [4.78, 5) is 12.9. The van der Waals surface area contributed by atoms with Gasteiger partial charge in [0.25, 0.3) is 5.91 Å². The normalized spacial score (nSPS) is 9.21. The zero-order chi connectivity index (χ0) is 10.7. The molecule has 72 valence electrons. The minimum Gasteiger partial charge on any atom is -0.507 e. The van der Waals surface area contributed by atoms with E-state index in [0.717, 1.165) is 0 Å². The SMILES string of the molecule is CN(C)C(=O)c1c(O)cccc1C#N. The number of rotatable bonds is 1. The van der Waals surface area contributed by atoms with Crippen LogP contribution in [0.2, 0.25) is 0 Å². The number of nitriles is 1. The van der Waals surface area contributed by atoms with Crippen molar-refractivity contribution >= 4 is 5.91 Å². The zero-order valence-electron chi connectivity index (χ0n) is 7.98. The highest BCUT2D eigenvalue weighted by molar-refractivity contribution is 5.98. The predicted molar refractivity (Wildman–Crippen MR) is 50.8 cm³/mol. The van der Waals surface area contributed by atoms with E-state index in [-0.39, 0.29) is 22.8 Å². The molecule has 0 aliphatic rings. The van der Waals surface area contributed by atoms with Gasteiger partial charge in [0.2, 0.25) is 0 Å². The molecule has 1 N–H and O–H groups in total. The van der Waals surface area contributed by atoms with E-state index in [1.165, 1.54) is 23.1 Å². The Hall–Kier alpha value is -2.02. The molecule has 0 saturated heterocycles. The van der Waals surface area contributed by atoms with E-state index in [2.05, 4.69) is 0 Å². The molecule has 1 aromatic carbocycles. The predicted octanol–water partition coefficient (Wildman–Crippen LogP) is 0.966. The molecule has 0 fully saturated rings. The highest BCUT2D eigenvalue weighted by Crippen LogP contribution is 2.21. The Labute approximate surface area is 82.0 Å². The summed E-state index contributed by atoms with van der Waals surface area (Å²) in [6.07, 6.45) is 0. The van der Waals surface area contributed by atoms with Gasteiger partial charge in [0.1, 0.15) is 11.8 Å². The summed E-state index contributed by atoms with van der Waals surface area (Å²) < 4.78 is 0. The Balaban J connectivity index is 3.33. The summed E-state index contributed by atoms with van der Waals surface area (Å²) in [5.41, 5.74) is 0.240.